The minimum atomic E-state index is -0.840. The third kappa shape index (κ3) is 4.49. The lowest BCUT2D eigenvalue weighted by Crippen LogP contribution is -2.48. The Balaban J connectivity index is 1.45. The molecule has 2 heterocycles. The highest BCUT2D eigenvalue weighted by atomic mass is 19.1. The molecule has 2 aliphatic heterocycles. The first-order valence-electron chi connectivity index (χ1n) is 8.77. The van der Waals surface area contributed by atoms with Gasteiger partial charge >= 0.3 is 0 Å². The van der Waals surface area contributed by atoms with Crippen LogP contribution in [-0.2, 0) is 14.3 Å². The second kappa shape index (κ2) is 8.44. The van der Waals surface area contributed by atoms with Gasteiger partial charge in [-0.25, -0.2) is 8.78 Å². The normalized spacial score (nSPS) is 18.7. The van der Waals surface area contributed by atoms with Crippen molar-refractivity contribution in [2.75, 3.05) is 46.0 Å². The van der Waals surface area contributed by atoms with Crippen LogP contribution in [0.2, 0.25) is 0 Å². The molecule has 0 N–H and O–H groups in total. The summed E-state index contributed by atoms with van der Waals surface area (Å²) in [6, 6.07) is 2.94. The average molecular weight is 368 g/mol. The van der Waals surface area contributed by atoms with E-state index in [1.807, 2.05) is 4.90 Å². The number of carbonyl (C=O) groups is 2. The molecule has 0 atom stereocenters. The Morgan fingerprint density at radius 2 is 1.77 bits per heavy atom. The van der Waals surface area contributed by atoms with Crippen LogP contribution in [0.1, 0.15) is 12.8 Å². The molecule has 0 unspecified atom stereocenters. The Hall–Kier alpha value is -2.22. The molecule has 2 aliphatic rings. The number of amides is 2. The third-order valence-corrected chi connectivity index (χ3v) is 4.76. The second-order valence-corrected chi connectivity index (χ2v) is 6.46. The molecule has 1 aromatic rings. The molecule has 2 saturated heterocycles. The zero-order chi connectivity index (χ0) is 18.5. The monoisotopic (exact) mass is 368 g/mol. The number of morpholine rings is 1. The molecule has 0 spiro atoms. The number of piperidine rings is 1. The summed E-state index contributed by atoms with van der Waals surface area (Å²) in [7, 11) is 0. The summed E-state index contributed by atoms with van der Waals surface area (Å²) in [5.41, 5.74) is 0. The van der Waals surface area contributed by atoms with Crippen molar-refractivity contribution in [1.82, 2.24) is 9.80 Å². The number of halogens is 2. The third-order valence-electron chi connectivity index (χ3n) is 4.76. The lowest BCUT2D eigenvalue weighted by molar-refractivity contribution is -0.144. The quantitative estimate of drug-likeness (QED) is 0.807. The maximum atomic E-state index is 13.5. The Morgan fingerprint density at radius 3 is 2.42 bits per heavy atom. The molecule has 2 amide bonds. The van der Waals surface area contributed by atoms with E-state index in [9.17, 15) is 18.4 Å². The first kappa shape index (κ1) is 18.6. The summed E-state index contributed by atoms with van der Waals surface area (Å²) in [4.78, 5) is 28.1. The van der Waals surface area contributed by atoms with E-state index in [1.54, 1.807) is 4.90 Å². The van der Waals surface area contributed by atoms with Crippen LogP contribution >= 0.6 is 0 Å². The Bertz CT molecular complexity index is 657. The number of hydrogen-bond acceptors (Lipinski definition) is 4. The minimum Gasteiger partial charge on any atom is -0.481 e. The van der Waals surface area contributed by atoms with E-state index in [-0.39, 0.29) is 30.1 Å². The topological polar surface area (TPSA) is 59.1 Å². The van der Waals surface area contributed by atoms with E-state index in [1.165, 1.54) is 0 Å². The van der Waals surface area contributed by atoms with Gasteiger partial charge in [-0.3, -0.25) is 9.59 Å². The Labute approximate surface area is 150 Å². The van der Waals surface area contributed by atoms with Crippen LogP contribution in [0.15, 0.2) is 18.2 Å². The molecule has 8 heteroatoms. The van der Waals surface area contributed by atoms with Crippen LogP contribution in [0.3, 0.4) is 0 Å². The van der Waals surface area contributed by atoms with Gasteiger partial charge in [0, 0.05) is 38.2 Å². The van der Waals surface area contributed by atoms with Crippen molar-refractivity contribution in [3.05, 3.63) is 29.8 Å². The fourth-order valence-corrected chi connectivity index (χ4v) is 3.24. The predicted octanol–water partition coefficient (Wildman–Crippen LogP) is 1.44. The van der Waals surface area contributed by atoms with Gasteiger partial charge in [-0.1, -0.05) is 0 Å². The minimum absolute atomic E-state index is 0.0763. The summed E-state index contributed by atoms with van der Waals surface area (Å²) in [6.07, 6.45) is 1.21. The Morgan fingerprint density at radius 1 is 1.08 bits per heavy atom. The summed E-state index contributed by atoms with van der Waals surface area (Å²) in [5.74, 6) is -1.92. The smallest absolute Gasteiger partial charge is 0.260 e. The van der Waals surface area contributed by atoms with Crippen molar-refractivity contribution < 1.29 is 27.8 Å². The van der Waals surface area contributed by atoms with Crippen LogP contribution in [0.4, 0.5) is 8.78 Å². The molecule has 1 aromatic carbocycles. The van der Waals surface area contributed by atoms with E-state index in [0.29, 0.717) is 58.3 Å². The average Bonchev–Trinajstić information content (AvgIpc) is 2.67. The molecule has 6 nitrogen and oxygen atoms in total. The van der Waals surface area contributed by atoms with E-state index >= 15 is 0 Å². The van der Waals surface area contributed by atoms with Gasteiger partial charge in [0.15, 0.2) is 18.2 Å². The lowest BCUT2D eigenvalue weighted by Gasteiger charge is -2.35. The number of hydrogen-bond donors (Lipinski definition) is 0. The van der Waals surface area contributed by atoms with Crippen molar-refractivity contribution >= 4 is 11.8 Å². The van der Waals surface area contributed by atoms with Crippen molar-refractivity contribution in [3.63, 3.8) is 0 Å². The number of carbonyl (C=O) groups excluding carboxylic acids is 2. The SMILES string of the molecule is O=C(COc1ccc(F)cc1F)N1CCC(C(=O)N2CCOCC2)CC1. The van der Waals surface area contributed by atoms with Gasteiger partial charge in [0.1, 0.15) is 5.82 Å². The van der Waals surface area contributed by atoms with Gasteiger partial charge in [0.25, 0.3) is 5.91 Å². The van der Waals surface area contributed by atoms with Crippen LogP contribution in [-0.4, -0.2) is 67.6 Å². The van der Waals surface area contributed by atoms with Gasteiger partial charge < -0.3 is 19.3 Å². The van der Waals surface area contributed by atoms with Crippen molar-refractivity contribution in [2.45, 2.75) is 12.8 Å². The molecule has 0 aliphatic carbocycles. The number of benzene rings is 1. The van der Waals surface area contributed by atoms with Gasteiger partial charge in [0.05, 0.1) is 13.2 Å². The highest BCUT2D eigenvalue weighted by molar-refractivity contribution is 5.80. The molecule has 0 saturated carbocycles. The second-order valence-electron chi connectivity index (χ2n) is 6.46. The van der Waals surface area contributed by atoms with Crippen LogP contribution < -0.4 is 4.74 Å². The van der Waals surface area contributed by atoms with E-state index in [2.05, 4.69) is 0 Å². The Kier molecular flexibility index (Phi) is 6.03. The molecule has 0 bridgehead atoms. The van der Waals surface area contributed by atoms with Crippen LogP contribution in [0.5, 0.6) is 5.75 Å². The van der Waals surface area contributed by atoms with Gasteiger partial charge in [-0.2, -0.15) is 0 Å². The fourth-order valence-electron chi connectivity index (χ4n) is 3.24. The zero-order valence-corrected chi connectivity index (χ0v) is 14.5. The highest BCUT2D eigenvalue weighted by Gasteiger charge is 2.31. The first-order chi connectivity index (χ1) is 12.5. The maximum absolute atomic E-state index is 13.5. The van der Waals surface area contributed by atoms with Crippen molar-refractivity contribution in [1.29, 1.82) is 0 Å². The van der Waals surface area contributed by atoms with E-state index in [0.717, 1.165) is 12.1 Å². The standard InChI is InChI=1S/C18H22F2N2O4/c19-14-1-2-16(15(20)11-14)26-12-17(23)21-5-3-13(4-6-21)18(24)22-7-9-25-10-8-22/h1-2,11,13H,3-10,12H2. The van der Waals surface area contributed by atoms with Crippen LogP contribution in [0.25, 0.3) is 0 Å². The molecular weight excluding hydrogens is 346 g/mol. The van der Waals surface area contributed by atoms with Gasteiger partial charge in [-0.15, -0.1) is 0 Å². The van der Waals surface area contributed by atoms with E-state index in [4.69, 9.17) is 9.47 Å². The van der Waals surface area contributed by atoms with Crippen molar-refractivity contribution in [2.24, 2.45) is 5.92 Å². The molecule has 0 radical (unpaired) electrons. The number of rotatable bonds is 4. The number of nitrogens with zero attached hydrogens (tertiary/aromatic N) is 2. The predicted molar refractivity (Wildman–Crippen MR) is 88.6 cm³/mol. The summed E-state index contributed by atoms with van der Waals surface area (Å²) in [6.45, 7) is 3.00. The fraction of sp³-hybridized carbons (Fsp3) is 0.556. The molecule has 26 heavy (non-hydrogen) atoms. The molecule has 142 valence electrons. The van der Waals surface area contributed by atoms with Gasteiger partial charge in [0.2, 0.25) is 5.91 Å². The number of ether oxygens (including phenoxy) is 2. The summed E-state index contributed by atoms with van der Waals surface area (Å²) >= 11 is 0. The van der Waals surface area contributed by atoms with Gasteiger partial charge in [-0.05, 0) is 25.0 Å². The maximum Gasteiger partial charge on any atom is 0.260 e. The van der Waals surface area contributed by atoms with Crippen molar-refractivity contribution in [3.8, 4) is 5.75 Å². The zero-order valence-electron chi connectivity index (χ0n) is 14.5. The molecule has 0 aromatic heterocycles. The molecule has 2 fully saturated rings. The summed E-state index contributed by atoms with van der Waals surface area (Å²) in [5, 5.41) is 0. The van der Waals surface area contributed by atoms with E-state index < -0.39 is 11.6 Å². The molecular formula is C18H22F2N2O4. The lowest BCUT2D eigenvalue weighted by atomic mass is 9.95. The highest BCUT2D eigenvalue weighted by Crippen LogP contribution is 2.21. The van der Waals surface area contributed by atoms with Crippen LogP contribution in [0, 0.1) is 17.6 Å². The largest absolute Gasteiger partial charge is 0.481 e. The summed E-state index contributed by atoms with van der Waals surface area (Å²) < 4.78 is 36.8. The number of likely N-dealkylation sites (tertiary alicyclic amines) is 1. The molecule has 3 rings (SSSR count). The first-order valence-corrected chi connectivity index (χ1v) is 8.77.